The number of halogens is 1. The molecule has 29 heavy (non-hydrogen) atoms. The highest BCUT2D eigenvalue weighted by Crippen LogP contribution is 2.20. The topological polar surface area (TPSA) is 70.8 Å². The Bertz CT molecular complexity index is 662. The van der Waals surface area contributed by atoms with Crippen LogP contribution >= 0.6 is 15.9 Å². The largest absolute Gasteiger partial charge is 0.490 e. The highest BCUT2D eigenvalue weighted by atomic mass is 79.9. The monoisotopic (exact) mass is 467 g/mol. The second-order valence-corrected chi connectivity index (χ2v) is 6.26. The highest BCUT2D eigenvalue weighted by molar-refractivity contribution is 9.10. The second-order valence-electron chi connectivity index (χ2n) is 5.35. The third kappa shape index (κ3) is 12.9. The minimum Gasteiger partial charge on any atom is -0.490 e. The molecule has 0 saturated carbocycles. The number of rotatable bonds is 10. The lowest BCUT2D eigenvalue weighted by molar-refractivity contribution is -0.134. The molecule has 0 aliphatic carbocycles. The van der Waals surface area contributed by atoms with Gasteiger partial charge >= 0.3 is 5.97 Å². The van der Waals surface area contributed by atoms with Crippen LogP contribution in [0, 0.1) is 0 Å². The summed E-state index contributed by atoms with van der Waals surface area (Å²) in [6.07, 6.45) is 1.92. The molecule has 0 unspecified atom stereocenters. The number of benzene rings is 2. The molecule has 0 bridgehead atoms. The molecule has 2 rings (SSSR count). The zero-order valence-electron chi connectivity index (χ0n) is 17.9. The van der Waals surface area contributed by atoms with Gasteiger partial charge < -0.3 is 19.9 Å². The van der Waals surface area contributed by atoms with Crippen molar-refractivity contribution in [2.75, 3.05) is 19.8 Å². The lowest BCUT2D eigenvalue weighted by Crippen LogP contribution is -2.10. The van der Waals surface area contributed by atoms with Crippen molar-refractivity contribution in [3.63, 3.8) is 0 Å². The van der Waals surface area contributed by atoms with Crippen LogP contribution in [0.25, 0.3) is 0 Å². The van der Waals surface area contributed by atoms with Crippen LogP contribution in [0.15, 0.2) is 53.0 Å². The van der Waals surface area contributed by atoms with Crippen molar-refractivity contribution in [3.8, 4) is 17.2 Å². The maximum atomic E-state index is 11.7. The maximum Gasteiger partial charge on any atom is 0.311 e. The molecule has 162 valence electrons. The van der Waals surface area contributed by atoms with Crippen molar-refractivity contribution in [2.45, 2.75) is 47.0 Å². The molecule has 5 nitrogen and oxygen atoms in total. The summed E-state index contributed by atoms with van der Waals surface area (Å²) in [6, 6.07) is 14.6. The number of esters is 1. The third-order valence-corrected chi connectivity index (χ3v) is 3.84. The molecule has 2 aromatic carbocycles. The highest BCUT2D eigenvalue weighted by Gasteiger charge is 2.05. The molecule has 0 heterocycles. The van der Waals surface area contributed by atoms with E-state index in [0.29, 0.717) is 37.7 Å². The number of hydrogen-bond acceptors (Lipinski definition) is 5. The van der Waals surface area contributed by atoms with Crippen molar-refractivity contribution in [2.24, 2.45) is 5.73 Å². The normalized spacial score (nSPS) is 9.31. The molecule has 6 heteroatoms. The first-order chi connectivity index (χ1) is 14.2. The fraction of sp³-hybridized carbons (Fsp3) is 0.435. The Morgan fingerprint density at radius 1 is 0.862 bits per heavy atom. The van der Waals surface area contributed by atoms with Crippen LogP contribution in [-0.4, -0.2) is 25.7 Å². The molecule has 0 aliphatic rings. The average Bonchev–Trinajstić information content (AvgIpc) is 2.76. The van der Waals surface area contributed by atoms with Gasteiger partial charge in [-0.15, -0.1) is 0 Å². The average molecular weight is 468 g/mol. The molecular weight excluding hydrogens is 434 g/mol. The summed E-state index contributed by atoms with van der Waals surface area (Å²) in [5.74, 6) is 1.63. The molecule has 0 radical (unpaired) electrons. The Labute approximate surface area is 183 Å². The first-order valence-corrected chi connectivity index (χ1v) is 11.0. The first-order valence-electron chi connectivity index (χ1n) is 10.2. The van der Waals surface area contributed by atoms with Gasteiger partial charge in [0.2, 0.25) is 0 Å². The van der Waals surface area contributed by atoms with E-state index >= 15 is 0 Å². The number of hydrogen-bond donors (Lipinski definition) is 1. The van der Waals surface area contributed by atoms with Crippen molar-refractivity contribution in [3.05, 3.63) is 53.0 Å². The van der Waals surface area contributed by atoms with E-state index in [-0.39, 0.29) is 5.97 Å². The molecule has 0 saturated heterocycles. The summed E-state index contributed by atoms with van der Waals surface area (Å²) >= 11 is 3.38. The maximum absolute atomic E-state index is 11.7. The van der Waals surface area contributed by atoms with Gasteiger partial charge in [-0.3, -0.25) is 4.79 Å². The van der Waals surface area contributed by atoms with E-state index in [9.17, 15) is 4.79 Å². The zero-order chi connectivity index (χ0) is 21.9. The quantitative estimate of drug-likeness (QED) is 0.263. The predicted octanol–water partition coefficient (Wildman–Crippen LogP) is 5.99. The standard InChI is InChI=1S/C19H22BrNO4.2C2H6/c20-15-7-9-16(10-8-15)23-12-13-24-17-4-3-5-18(14-17)25-19(22)6-1-2-11-21;2*1-2/h3-5,7-10,14H,1-2,6,11-13,21H2;2*1-2H3. The van der Waals surface area contributed by atoms with E-state index in [1.807, 2.05) is 58.0 Å². The number of carbonyl (C=O) groups excluding carboxylic acids is 1. The number of carbonyl (C=O) groups is 1. The van der Waals surface area contributed by atoms with Crippen molar-refractivity contribution < 1.29 is 19.0 Å². The van der Waals surface area contributed by atoms with E-state index in [0.717, 1.165) is 23.1 Å². The van der Waals surface area contributed by atoms with Crippen LogP contribution in [-0.2, 0) is 4.79 Å². The lowest BCUT2D eigenvalue weighted by Gasteiger charge is -2.10. The summed E-state index contributed by atoms with van der Waals surface area (Å²) in [4.78, 5) is 11.7. The molecule has 2 N–H and O–H groups in total. The first kappa shape index (κ1) is 27.0. The van der Waals surface area contributed by atoms with Gasteiger partial charge in [0.1, 0.15) is 30.5 Å². The van der Waals surface area contributed by atoms with Gasteiger partial charge in [-0.25, -0.2) is 0 Å². The minimum atomic E-state index is -0.260. The van der Waals surface area contributed by atoms with E-state index in [4.69, 9.17) is 19.9 Å². The SMILES string of the molecule is CC.CC.NCCCCC(=O)Oc1cccc(OCCOc2ccc(Br)cc2)c1. The van der Waals surface area contributed by atoms with Gasteiger partial charge in [0.15, 0.2) is 0 Å². The smallest absolute Gasteiger partial charge is 0.311 e. The molecule has 2 aromatic rings. The lowest BCUT2D eigenvalue weighted by atomic mass is 10.2. The Balaban J connectivity index is 0.00000184. The van der Waals surface area contributed by atoms with Gasteiger partial charge in [-0.05, 0) is 55.8 Å². The fourth-order valence-corrected chi connectivity index (χ4v) is 2.34. The van der Waals surface area contributed by atoms with Crippen LogP contribution < -0.4 is 19.9 Å². The van der Waals surface area contributed by atoms with Gasteiger partial charge in [0, 0.05) is 17.0 Å². The van der Waals surface area contributed by atoms with Crippen molar-refractivity contribution in [1.29, 1.82) is 0 Å². The minimum absolute atomic E-state index is 0.260. The molecule has 0 atom stereocenters. The summed E-state index contributed by atoms with van der Waals surface area (Å²) in [5, 5.41) is 0. The molecule has 0 amide bonds. The Morgan fingerprint density at radius 2 is 1.45 bits per heavy atom. The molecular formula is C23H34BrNO4. The van der Waals surface area contributed by atoms with Gasteiger partial charge in [-0.2, -0.15) is 0 Å². The van der Waals surface area contributed by atoms with Crippen LogP contribution in [0.5, 0.6) is 17.2 Å². The summed E-state index contributed by atoms with van der Waals surface area (Å²) < 4.78 is 17.5. The van der Waals surface area contributed by atoms with E-state index < -0.39 is 0 Å². The summed E-state index contributed by atoms with van der Waals surface area (Å²) in [7, 11) is 0. The van der Waals surface area contributed by atoms with Crippen LogP contribution in [0.1, 0.15) is 47.0 Å². The Kier molecular flexibility index (Phi) is 16.7. The van der Waals surface area contributed by atoms with Gasteiger partial charge in [-0.1, -0.05) is 49.7 Å². The van der Waals surface area contributed by atoms with Crippen LogP contribution in [0.4, 0.5) is 0 Å². The number of ether oxygens (including phenoxy) is 3. The molecule has 0 fully saturated rings. The Morgan fingerprint density at radius 3 is 2.07 bits per heavy atom. The zero-order valence-corrected chi connectivity index (χ0v) is 19.5. The number of nitrogens with two attached hydrogens (primary N) is 1. The summed E-state index contributed by atoms with van der Waals surface area (Å²) in [5.41, 5.74) is 5.41. The van der Waals surface area contributed by atoms with Crippen LogP contribution in [0.2, 0.25) is 0 Å². The predicted molar refractivity (Wildman–Crippen MR) is 123 cm³/mol. The van der Waals surface area contributed by atoms with Crippen molar-refractivity contribution in [1.82, 2.24) is 0 Å². The van der Waals surface area contributed by atoms with E-state index in [2.05, 4.69) is 15.9 Å². The summed E-state index contributed by atoms with van der Waals surface area (Å²) in [6.45, 7) is 9.40. The number of unbranched alkanes of at least 4 members (excludes halogenated alkanes) is 1. The Hall–Kier alpha value is -2.05. The second kappa shape index (κ2) is 18.0. The molecule has 0 aromatic heterocycles. The van der Waals surface area contributed by atoms with E-state index in [1.54, 1.807) is 18.2 Å². The van der Waals surface area contributed by atoms with Crippen molar-refractivity contribution >= 4 is 21.9 Å². The molecule has 0 spiro atoms. The van der Waals surface area contributed by atoms with E-state index in [1.165, 1.54) is 0 Å². The fourth-order valence-electron chi connectivity index (χ4n) is 2.07. The molecule has 0 aliphatic heterocycles. The van der Waals surface area contributed by atoms with Gasteiger partial charge in [0.05, 0.1) is 0 Å². The van der Waals surface area contributed by atoms with Crippen LogP contribution in [0.3, 0.4) is 0 Å². The third-order valence-electron chi connectivity index (χ3n) is 3.31. The van der Waals surface area contributed by atoms with Gasteiger partial charge in [0.25, 0.3) is 0 Å².